The van der Waals surface area contributed by atoms with Crippen molar-refractivity contribution >= 4 is 0 Å². The molecule has 2 N–H and O–H groups in total. The van der Waals surface area contributed by atoms with Gasteiger partial charge in [-0.2, -0.15) is 0 Å². The van der Waals surface area contributed by atoms with Crippen LogP contribution >= 0.6 is 0 Å². The molecule has 1 unspecified atom stereocenters. The number of hydrogen-bond acceptors (Lipinski definition) is 2. The van der Waals surface area contributed by atoms with Crippen molar-refractivity contribution in [2.24, 2.45) is 0 Å². The Bertz CT molecular complexity index is 858. The Balaban J connectivity index is 2.06. The first kappa shape index (κ1) is 16.1. The maximum Gasteiger partial charge on any atom is 0.127 e. The molecule has 0 spiro atoms. The molecule has 0 heterocycles. The standard InChI is InChI=1S/C22H22O2/c1-14-7-6-9-17(11-14)22-20(23)12-18(13-21(22)24)16(3)19-10-5-4-8-15(19)2/h4-13,16,23-24H,1-3H3. The van der Waals surface area contributed by atoms with Crippen LogP contribution in [0.1, 0.15) is 35.1 Å². The zero-order chi connectivity index (χ0) is 17.3. The predicted molar refractivity (Wildman–Crippen MR) is 98.6 cm³/mol. The van der Waals surface area contributed by atoms with Gasteiger partial charge in [-0.1, -0.05) is 61.0 Å². The lowest BCUT2D eigenvalue weighted by Crippen LogP contribution is -1.99. The molecular formula is C22H22O2. The molecule has 0 aliphatic rings. The Morgan fingerprint density at radius 1 is 0.792 bits per heavy atom. The van der Waals surface area contributed by atoms with Gasteiger partial charge in [0.2, 0.25) is 0 Å². The summed E-state index contributed by atoms with van der Waals surface area (Å²) in [7, 11) is 0. The number of hydrogen-bond donors (Lipinski definition) is 2. The first-order chi connectivity index (χ1) is 11.5. The summed E-state index contributed by atoms with van der Waals surface area (Å²) >= 11 is 0. The summed E-state index contributed by atoms with van der Waals surface area (Å²) in [5, 5.41) is 21.0. The van der Waals surface area contributed by atoms with Gasteiger partial charge >= 0.3 is 0 Å². The fraction of sp³-hybridized carbons (Fsp3) is 0.182. The summed E-state index contributed by atoms with van der Waals surface area (Å²) in [6, 6.07) is 19.5. The fourth-order valence-corrected chi connectivity index (χ4v) is 3.23. The summed E-state index contributed by atoms with van der Waals surface area (Å²) in [6.45, 7) is 6.15. The molecule has 0 saturated carbocycles. The smallest absolute Gasteiger partial charge is 0.127 e. The van der Waals surface area contributed by atoms with Crippen LogP contribution in [0.3, 0.4) is 0 Å². The van der Waals surface area contributed by atoms with E-state index in [1.165, 1.54) is 11.1 Å². The first-order valence-corrected chi connectivity index (χ1v) is 8.16. The molecule has 3 rings (SSSR count). The van der Waals surface area contributed by atoms with Crippen molar-refractivity contribution in [1.82, 2.24) is 0 Å². The van der Waals surface area contributed by atoms with Crippen molar-refractivity contribution < 1.29 is 10.2 Å². The SMILES string of the molecule is Cc1cccc(-c2c(O)cc(C(C)c3ccccc3C)cc2O)c1. The van der Waals surface area contributed by atoms with Gasteiger partial charge in [-0.15, -0.1) is 0 Å². The molecule has 0 bridgehead atoms. The minimum Gasteiger partial charge on any atom is -0.507 e. The van der Waals surface area contributed by atoms with E-state index in [1.807, 2.05) is 43.3 Å². The van der Waals surface area contributed by atoms with E-state index in [0.29, 0.717) is 5.56 Å². The molecule has 24 heavy (non-hydrogen) atoms. The summed E-state index contributed by atoms with van der Waals surface area (Å²) in [6.07, 6.45) is 0. The molecular weight excluding hydrogens is 296 g/mol. The number of aromatic hydroxyl groups is 2. The van der Waals surface area contributed by atoms with Crippen molar-refractivity contribution in [2.45, 2.75) is 26.7 Å². The van der Waals surface area contributed by atoms with Crippen molar-refractivity contribution in [3.05, 3.63) is 82.9 Å². The van der Waals surface area contributed by atoms with Crippen molar-refractivity contribution in [2.75, 3.05) is 0 Å². The number of aryl methyl sites for hydroxylation is 2. The van der Waals surface area contributed by atoms with Gasteiger partial charge in [0.25, 0.3) is 0 Å². The van der Waals surface area contributed by atoms with Crippen LogP contribution in [-0.4, -0.2) is 10.2 Å². The highest BCUT2D eigenvalue weighted by molar-refractivity contribution is 5.77. The molecule has 0 saturated heterocycles. The highest BCUT2D eigenvalue weighted by atomic mass is 16.3. The second kappa shape index (κ2) is 6.40. The molecule has 1 atom stereocenters. The minimum absolute atomic E-state index is 0.0922. The third kappa shape index (κ3) is 3.00. The molecule has 3 aromatic carbocycles. The first-order valence-electron chi connectivity index (χ1n) is 8.16. The van der Waals surface area contributed by atoms with E-state index < -0.39 is 0 Å². The lowest BCUT2D eigenvalue weighted by atomic mass is 9.88. The second-order valence-corrected chi connectivity index (χ2v) is 6.38. The Labute approximate surface area is 143 Å². The van der Waals surface area contributed by atoms with E-state index in [9.17, 15) is 10.2 Å². The molecule has 2 nitrogen and oxygen atoms in total. The molecule has 0 radical (unpaired) electrons. The van der Waals surface area contributed by atoms with Crippen LogP contribution in [0.5, 0.6) is 11.5 Å². The topological polar surface area (TPSA) is 40.5 Å². The van der Waals surface area contributed by atoms with E-state index in [2.05, 4.69) is 26.0 Å². The molecule has 0 fully saturated rings. The van der Waals surface area contributed by atoms with E-state index in [1.54, 1.807) is 12.1 Å². The molecule has 0 aliphatic heterocycles. The Morgan fingerprint density at radius 3 is 2.08 bits per heavy atom. The van der Waals surface area contributed by atoms with Crippen molar-refractivity contribution in [3.63, 3.8) is 0 Å². The third-order valence-corrected chi connectivity index (χ3v) is 4.58. The summed E-state index contributed by atoms with van der Waals surface area (Å²) in [5.41, 5.74) is 5.69. The maximum atomic E-state index is 10.5. The second-order valence-electron chi connectivity index (χ2n) is 6.38. The molecule has 2 heteroatoms. The van der Waals surface area contributed by atoms with Gasteiger partial charge < -0.3 is 10.2 Å². The zero-order valence-electron chi connectivity index (χ0n) is 14.2. The Morgan fingerprint density at radius 2 is 1.46 bits per heavy atom. The highest BCUT2D eigenvalue weighted by Gasteiger charge is 2.17. The van der Waals surface area contributed by atoms with Crippen LogP contribution in [-0.2, 0) is 0 Å². The average Bonchev–Trinajstić information content (AvgIpc) is 2.54. The summed E-state index contributed by atoms with van der Waals surface area (Å²) in [4.78, 5) is 0. The van der Waals surface area contributed by atoms with E-state index in [-0.39, 0.29) is 17.4 Å². The normalized spacial score (nSPS) is 12.1. The van der Waals surface area contributed by atoms with E-state index in [4.69, 9.17) is 0 Å². The minimum atomic E-state index is 0.0922. The van der Waals surface area contributed by atoms with Crippen LogP contribution in [0.2, 0.25) is 0 Å². The van der Waals surface area contributed by atoms with Gasteiger partial charge in [-0.3, -0.25) is 0 Å². The van der Waals surface area contributed by atoms with Crippen LogP contribution in [0.25, 0.3) is 11.1 Å². The summed E-state index contributed by atoms with van der Waals surface area (Å²) < 4.78 is 0. The van der Waals surface area contributed by atoms with Crippen LogP contribution < -0.4 is 0 Å². The Kier molecular flexibility index (Phi) is 4.30. The lowest BCUT2D eigenvalue weighted by molar-refractivity contribution is 0.452. The van der Waals surface area contributed by atoms with Gasteiger partial charge in [0.05, 0.1) is 5.56 Å². The van der Waals surface area contributed by atoms with Gasteiger partial charge in [0, 0.05) is 5.92 Å². The largest absolute Gasteiger partial charge is 0.507 e. The van der Waals surface area contributed by atoms with Crippen molar-refractivity contribution in [1.29, 1.82) is 0 Å². The molecule has 0 aliphatic carbocycles. The average molecular weight is 318 g/mol. The fourth-order valence-electron chi connectivity index (χ4n) is 3.23. The van der Waals surface area contributed by atoms with Gasteiger partial charge in [-0.25, -0.2) is 0 Å². The van der Waals surface area contributed by atoms with Gasteiger partial charge in [0.1, 0.15) is 11.5 Å². The van der Waals surface area contributed by atoms with Crippen LogP contribution in [0, 0.1) is 13.8 Å². The van der Waals surface area contributed by atoms with Gasteiger partial charge in [-0.05, 0) is 48.2 Å². The highest BCUT2D eigenvalue weighted by Crippen LogP contribution is 2.41. The van der Waals surface area contributed by atoms with Crippen LogP contribution in [0.15, 0.2) is 60.7 Å². The predicted octanol–water partition coefficient (Wildman–Crippen LogP) is 5.53. The lowest BCUT2D eigenvalue weighted by Gasteiger charge is -2.18. The third-order valence-electron chi connectivity index (χ3n) is 4.58. The van der Waals surface area contributed by atoms with Crippen molar-refractivity contribution in [3.8, 4) is 22.6 Å². The number of rotatable bonds is 3. The quantitative estimate of drug-likeness (QED) is 0.666. The Hall–Kier alpha value is -2.74. The number of benzene rings is 3. The zero-order valence-corrected chi connectivity index (χ0v) is 14.2. The molecule has 0 amide bonds. The van der Waals surface area contributed by atoms with Gasteiger partial charge in [0.15, 0.2) is 0 Å². The monoisotopic (exact) mass is 318 g/mol. The molecule has 0 aromatic heterocycles. The molecule has 3 aromatic rings. The number of phenolic OH excluding ortho intramolecular Hbond substituents is 2. The summed E-state index contributed by atoms with van der Waals surface area (Å²) in [5.74, 6) is 0.307. The van der Waals surface area contributed by atoms with E-state index in [0.717, 1.165) is 16.7 Å². The number of phenols is 2. The molecule has 122 valence electrons. The van der Waals surface area contributed by atoms with Crippen LogP contribution in [0.4, 0.5) is 0 Å². The maximum absolute atomic E-state index is 10.5. The van der Waals surface area contributed by atoms with E-state index >= 15 is 0 Å².